The molecule has 112 valence electrons. The highest BCUT2D eigenvalue weighted by atomic mass is 16.1. The maximum absolute atomic E-state index is 11.9. The fraction of sp³-hybridized carbons (Fsp3) is 0.375. The highest BCUT2D eigenvalue weighted by Crippen LogP contribution is 2.17. The summed E-state index contributed by atoms with van der Waals surface area (Å²) in [7, 11) is 0. The predicted octanol–water partition coefficient (Wildman–Crippen LogP) is 2.95. The number of nitrogens with two attached hydrogens (primary N) is 1. The molecule has 0 saturated carbocycles. The Morgan fingerprint density at radius 2 is 2.05 bits per heavy atom. The van der Waals surface area contributed by atoms with Gasteiger partial charge in [-0.3, -0.25) is 9.89 Å². The van der Waals surface area contributed by atoms with E-state index in [0.29, 0.717) is 24.6 Å². The second-order valence-corrected chi connectivity index (χ2v) is 5.47. The van der Waals surface area contributed by atoms with E-state index >= 15 is 0 Å². The summed E-state index contributed by atoms with van der Waals surface area (Å²) in [6.45, 7) is 4.13. The summed E-state index contributed by atoms with van der Waals surface area (Å²) in [6.07, 6.45) is 0.983. The van der Waals surface area contributed by atoms with Gasteiger partial charge in [0.1, 0.15) is 0 Å². The smallest absolute Gasteiger partial charge is 0.225 e. The van der Waals surface area contributed by atoms with E-state index < -0.39 is 0 Å². The number of anilines is 1. The van der Waals surface area contributed by atoms with Gasteiger partial charge in [0.25, 0.3) is 0 Å². The van der Waals surface area contributed by atoms with Crippen LogP contribution in [0.2, 0.25) is 0 Å². The minimum Gasteiger partial charge on any atom is -0.324 e. The molecule has 1 amide bonds. The molecular weight excluding hydrogens is 264 g/mol. The molecule has 0 fully saturated rings. The molecule has 1 heterocycles. The molecule has 5 nitrogen and oxygen atoms in total. The molecule has 0 bridgehead atoms. The van der Waals surface area contributed by atoms with Crippen molar-refractivity contribution >= 4 is 11.7 Å². The van der Waals surface area contributed by atoms with E-state index in [1.54, 1.807) is 0 Å². The lowest BCUT2D eigenvalue weighted by Gasteiger charge is -2.11. The first-order chi connectivity index (χ1) is 10.1. The van der Waals surface area contributed by atoms with Crippen molar-refractivity contribution in [3.63, 3.8) is 0 Å². The summed E-state index contributed by atoms with van der Waals surface area (Å²) >= 11 is 0. The molecule has 5 heteroatoms. The quantitative estimate of drug-likeness (QED) is 0.763. The van der Waals surface area contributed by atoms with Crippen molar-refractivity contribution in [2.75, 3.05) is 5.32 Å². The maximum Gasteiger partial charge on any atom is 0.225 e. The lowest BCUT2D eigenvalue weighted by molar-refractivity contribution is -0.116. The largest absolute Gasteiger partial charge is 0.324 e. The fourth-order valence-electron chi connectivity index (χ4n) is 2.06. The molecule has 0 saturated heterocycles. The van der Waals surface area contributed by atoms with Crippen molar-refractivity contribution in [2.45, 2.75) is 38.6 Å². The number of hydrogen-bond donors (Lipinski definition) is 3. The van der Waals surface area contributed by atoms with Crippen LogP contribution in [0.15, 0.2) is 36.4 Å². The number of amides is 1. The highest BCUT2D eigenvalue weighted by Gasteiger charge is 2.11. The van der Waals surface area contributed by atoms with Crippen LogP contribution < -0.4 is 11.1 Å². The molecule has 2 rings (SSSR count). The van der Waals surface area contributed by atoms with Gasteiger partial charge < -0.3 is 11.1 Å². The SMILES string of the molecule is CC(C)c1cc(NC(=O)CCC(N)c2ccccc2)n[nH]1. The minimum atomic E-state index is -0.123. The molecule has 1 aromatic carbocycles. The average Bonchev–Trinajstić information content (AvgIpc) is 2.94. The number of aromatic amines is 1. The minimum absolute atomic E-state index is 0.0665. The molecule has 2 aromatic rings. The van der Waals surface area contributed by atoms with E-state index in [-0.39, 0.29) is 11.9 Å². The maximum atomic E-state index is 11.9. The second-order valence-electron chi connectivity index (χ2n) is 5.47. The molecule has 4 N–H and O–H groups in total. The van der Waals surface area contributed by atoms with Crippen LogP contribution in [-0.4, -0.2) is 16.1 Å². The first kappa shape index (κ1) is 15.3. The molecule has 0 aliphatic rings. The predicted molar refractivity (Wildman–Crippen MR) is 83.9 cm³/mol. The third-order valence-corrected chi connectivity index (χ3v) is 3.40. The van der Waals surface area contributed by atoms with E-state index in [1.807, 2.05) is 36.4 Å². The Hall–Kier alpha value is -2.14. The molecular formula is C16H22N4O. The van der Waals surface area contributed by atoms with Gasteiger partial charge in [0, 0.05) is 24.2 Å². The van der Waals surface area contributed by atoms with E-state index in [4.69, 9.17) is 5.73 Å². The summed E-state index contributed by atoms with van der Waals surface area (Å²) in [5.41, 5.74) is 8.13. The first-order valence-electron chi connectivity index (χ1n) is 7.22. The van der Waals surface area contributed by atoms with Crippen molar-refractivity contribution < 1.29 is 4.79 Å². The van der Waals surface area contributed by atoms with Crippen molar-refractivity contribution in [2.24, 2.45) is 5.73 Å². The molecule has 1 atom stereocenters. The van der Waals surface area contributed by atoms with Crippen LogP contribution in [0.4, 0.5) is 5.82 Å². The molecule has 1 aromatic heterocycles. The number of H-pyrrole nitrogens is 1. The standard InChI is InChI=1S/C16H22N4O/c1-11(2)14-10-15(20-19-14)18-16(21)9-8-13(17)12-6-4-3-5-7-12/h3-7,10-11,13H,8-9,17H2,1-2H3,(H2,18,19,20,21). The van der Waals surface area contributed by atoms with E-state index in [1.165, 1.54) is 0 Å². The number of carbonyl (C=O) groups is 1. The molecule has 0 spiro atoms. The van der Waals surface area contributed by atoms with Crippen LogP contribution in [-0.2, 0) is 4.79 Å². The van der Waals surface area contributed by atoms with Gasteiger partial charge >= 0.3 is 0 Å². The van der Waals surface area contributed by atoms with E-state index in [9.17, 15) is 4.79 Å². The van der Waals surface area contributed by atoms with Crippen LogP contribution in [0.3, 0.4) is 0 Å². The number of carbonyl (C=O) groups excluding carboxylic acids is 1. The van der Waals surface area contributed by atoms with Gasteiger partial charge in [0.15, 0.2) is 5.82 Å². The van der Waals surface area contributed by atoms with Crippen molar-refractivity contribution in [1.82, 2.24) is 10.2 Å². The number of nitrogens with zero attached hydrogens (tertiary/aromatic N) is 1. The summed E-state index contributed by atoms with van der Waals surface area (Å²) in [5.74, 6) is 0.856. The van der Waals surface area contributed by atoms with Gasteiger partial charge in [-0.1, -0.05) is 44.2 Å². The Labute approximate surface area is 124 Å². The summed E-state index contributed by atoms with van der Waals surface area (Å²) in [4.78, 5) is 11.9. The number of hydrogen-bond acceptors (Lipinski definition) is 3. The Kier molecular flexibility index (Phi) is 5.11. The monoisotopic (exact) mass is 286 g/mol. The van der Waals surface area contributed by atoms with Crippen molar-refractivity contribution in [3.05, 3.63) is 47.7 Å². The van der Waals surface area contributed by atoms with Gasteiger partial charge in [0.05, 0.1) is 0 Å². The Morgan fingerprint density at radius 1 is 1.33 bits per heavy atom. The van der Waals surface area contributed by atoms with Crippen molar-refractivity contribution in [1.29, 1.82) is 0 Å². The van der Waals surface area contributed by atoms with Crippen LogP contribution in [0, 0.1) is 0 Å². The summed E-state index contributed by atoms with van der Waals surface area (Å²) in [5, 5.41) is 9.77. The molecule has 0 radical (unpaired) electrons. The van der Waals surface area contributed by atoms with Gasteiger partial charge in [-0.2, -0.15) is 5.10 Å². The van der Waals surface area contributed by atoms with E-state index in [0.717, 1.165) is 11.3 Å². The lowest BCUT2D eigenvalue weighted by atomic mass is 10.0. The van der Waals surface area contributed by atoms with Gasteiger partial charge in [-0.25, -0.2) is 0 Å². The first-order valence-corrected chi connectivity index (χ1v) is 7.22. The third kappa shape index (κ3) is 4.43. The Morgan fingerprint density at radius 3 is 2.67 bits per heavy atom. The van der Waals surface area contributed by atoms with Crippen LogP contribution in [0.25, 0.3) is 0 Å². The number of rotatable bonds is 6. The third-order valence-electron chi connectivity index (χ3n) is 3.40. The molecule has 0 aliphatic heterocycles. The molecule has 0 aliphatic carbocycles. The fourth-order valence-corrected chi connectivity index (χ4v) is 2.06. The topological polar surface area (TPSA) is 83.8 Å². The number of benzene rings is 1. The van der Waals surface area contributed by atoms with E-state index in [2.05, 4.69) is 29.4 Å². The zero-order valence-electron chi connectivity index (χ0n) is 12.5. The van der Waals surface area contributed by atoms with Gasteiger partial charge in [-0.05, 0) is 17.9 Å². The van der Waals surface area contributed by atoms with Gasteiger partial charge in [-0.15, -0.1) is 0 Å². The normalized spacial score (nSPS) is 12.4. The Balaban J connectivity index is 1.82. The lowest BCUT2D eigenvalue weighted by Crippen LogP contribution is -2.16. The highest BCUT2D eigenvalue weighted by molar-refractivity contribution is 5.89. The van der Waals surface area contributed by atoms with Gasteiger partial charge in [0.2, 0.25) is 5.91 Å². The zero-order chi connectivity index (χ0) is 15.2. The zero-order valence-corrected chi connectivity index (χ0v) is 12.5. The van der Waals surface area contributed by atoms with Crippen LogP contribution >= 0.6 is 0 Å². The van der Waals surface area contributed by atoms with Crippen LogP contribution in [0.5, 0.6) is 0 Å². The van der Waals surface area contributed by atoms with Crippen LogP contribution in [0.1, 0.15) is 49.9 Å². The molecule has 1 unspecified atom stereocenters. The second kappa shape index (κ2) is 7.04. The average molecular weight is 286 g/mol. The number of aromatic nitrogens is 2. The van der Waals surface area contributed by atoms with Crippen molar-refractivity contribution in [3.8, 4) is 0 Å². The number of nitrogens with one attached hydrogen (secondary N) is 2. The molecule has 21 heavy (non-hydrogen) atoms. The summed E-state index contributed by atoms with van der Waals surface area (Å²) < 4.78 is 0. The summed E-state index contributed by atoms with van der Waals surface area (Å²) in [6, 6.07) is 11.5. The Bertz CT molecular complexity index is 577.